The van der Waals surface area contributed by atoms with Crippen LogP contribution in [0.15, 0.2) is 66.7 Å². The van der Waals surface area contributed by atoms with Gasteiger partial charge in [0.15, 0.2) is 0 Å². The molecule has 0 aliphatic carbocycles. The molecule has 0 saturated carbocycles. The summed E-state index contributed by atoms with van der Waals surface area (Å²) in [7, 11) is 1.73. The van der Waals surface area contributed by atoms with Gasteiger partial charge in [0.2, 0.25) is 0 Å². The van der Waals surface area contributed by atoms with Gasteiger partial charge in [-0.25, -0.2) is 0 Å². The molecule has 0 fully saturated rings. The number of hydrogen-bond donors (Lipinski definition) is 0. The number of aryl methyl sites for hydroxylation is 2. The lowest BCUT2D eigenvalue weighted by Crippen LogP contribution is -1.93. The molecule has 1 nitrogen and oxygen atoms in total. The van der Waals surface area contributed by atoms with Crippen LogP contribution in [0.5, 0.6) is 5.75 Å². The maximum Gasteiger partial charge on any atom is 0.119 e. The Morgan fingerprint density at radius 2 is 1.23 bits per heavy atom. The smallest absolute Gasteiger partial charge is 0.119 e. The third kappa shape index (κ3) is 2.04. The zero-order valence-corrected chi connectivity index (χ0v) is 15.3. The summed E-state index contributed by atoms with van der Waals surface area (Å²) >= 11 is 0. The highest BCUT2D eigenvalue weighted by atomic mass is 16.5. The van der Waals surface area contributed by atoms with E-state index in [1.165, 1.54) is 54.6 Å². The fourth-order valence-electron chi connectivity index (χ4n) is 4.42. The van der Waals surface area contributed by atoms with E-state index in [-0.39, 0.29) is 0 Å². The van der Waals surface area contributed by atoms with Gasteiger partial charge in [-0.2, -0.15) is 0 Å². The fourth-order valence-corrected chi connectivity index (χ4v) is 4.42. The lowest BCUT2D eigenvalue weighted by molar-refractivity contribution is 0.414. The molecule has 1 heteroatoms. The van der Waals surface area contributed by atoms with E-state index in [0.29, 0.717) is 0 Å². The Morgan fingerprint density at radius 3 is 1.88 bits per heavy atom. The van der Waals surface area contributed by atoms with E-state index in [0.717, 1.165) is 5.75 Å². The summed E-state index contributed by atoms with van der Waals surface area (Å²) in [6.07, 6.45) is 0. The van der Waals surface area contributed by atoms with Crippen LogP contribution in [0.25, 0.3) is 43.4 Å². The summed E-state index contributed by atoms with van der Waals surface area (Å²) < 4.78 is 5.45. The Bertz CT molecular complexity index is 1240. The SMILES string of the molecule is COc1cc(C)c(-c2ccc3ccc4cccc5ccc2c3c45)c(C)c1. The van der Waals surface area contributed by atoms with Crippen molar-refractivity contribution in [2.24, 2.45) is 0 Å². The Morgan fingerprint density at radius 1 is 0.654 bits per heavy atom. The van der Waals surface area contributed by atoms with Gasteiger partial charge in [-0.05, 0) is 80.6 Å². The monoisotopic (exact) mass is 336 g/mol. The maximum absolute atomic E-state index is 5.45. The molecule has 0 spiro atoms. The molecule has 0 atom stereocenters. The Kier molecular flexibility index (Phi) is 3.20. The number of benzene rings is 5. The molecular weight excluding hydrogens is 316 g/mol. The van der Waals surface area contributed by atoms with Crippen molar-refractivity contribution < 1.29 is 4.74 Å². The average molecular weight is 336 g/mol. The predicted octanol–water partition coefficient (Wildman–Crippen LogP) is 6.88. The van der Waals surface area contributed by atoms with Crippen LogP contribution in [-0.2, 0) is 0 Å². The average Bonchev–Trinajstić information content (AvgIpc) is 2.66. The molecule has 0 saturated heterocycles. The van der Waals surface area contributed by atoms with E-state index in [2.05, 4.69) is 80.6 Å². The molecule has 0 amide bonds. The van der Waals surface area contributed by atoms with E-state index in [1.54, 1.807) is 7.11 Å². The summed E-state index contributed by atoms with van der Waals surface area (Å²) in [6, 6.07) is 24.3. The summed E-state index contributed by atoms with van der Waals surface area (Å²) in [5.74, 6) is 0.918. The Balaban J connectivity index is 1.93. The highest BCUT2D eigenvalue weighted by molar-refractivity contribution is 6.25. The lowest BCUT2D eigenvalue weighted by Gasteiger charge is -2.17. The minimum atomic E-state index is 0.918. The summed E-state index contributed by atoms with van der Waals surface area (Å²) in [6.45, 7) is 4.34. The molecule has 0 N–H and O–H groups in total. The molecular formula is C25H20O. The zero-order valence-electron chi connectivity index (χ0n) is 15.3. The van der Waals surface area contributed by atoms with Gasteiger partial charge in [0.25, 0.3) is 0 Å². The Hall–Kier alpha value is -3.06. The predicted molar refractivity (Wildman–Crippen MR) is 112 cm³/mol. The molecule has 5 rings (SSSR count). The summed E-state index contributed by atoms with van der Waals surface area (Å²) in [5, 5.41) is 7.97. The van der Waals surface area contributed by atoms with Crippen LogP contribution in [0.4, 0.5) is 0 Å². The van der Waals surface area contributed by atoms with Crippen LogP contribution in [0.1, 0.15) is 11.1 Å². The second-order valence-corrected chi connectivity index (χ2v) is 7.11. The molecule has 0 aromatic heterocycles. The van der Waals surface area contributed by atoms with Crippen molar-refractivity contribution in [1.82, 2.24) is 0 Å². The molecule has 5 aromatic rings. The van der Waals surface area contributed by atoms with Crippen molar-refractivity contribution in [3.8, 4) is 16.9 Å². The van der Waals surface area contributed by atoms with E-state index in [1.807, 2.05) is 0 Å². The van der Waals surface area contributed by atoms with Gasteiger partial charge in [-0.15, -0.1) is 0 Å². The number of hydrogen-bond acceptors (Lipinski definition) is 1. The van der Waals surface area contributed by atoms with Crippen molar-refractivity contribution in [3.63, 3.8) is 0 Å². The molecule has 0 radical (unpaired) electrons. The van der Waals surface area contributed by atoms with E-state index >= 15 is 0 Å². The van der Waals surface area contributed by atoms with E-state index in [4.69, 9.17) is 4.74 Å². The minimum Gasteiger partial charge on any atom is -0.497 e. The van der Waals surface area contributed by atoms with Crippen molar-refractivity contribution in [3.05, 3.63) is 77.9 Å². The van der Waals surface area contributed by atoms with Gasteiger partial charge in [-0.3, -0.25) is 0 Å². The quantitative estimate of drug-likeness (QED) is 0.319. The van der Waals surface area contributed by atoms with E-state index < -0.39 is 0 Å². The first kappa shape index (κ1) is 15.2. The summed E-state index contributed by atoms with van der Waals surface area (Å²) in [4.78, 5) is 0. The van der Waals surface area contributed by atoms with Gasteiger partial charge in [0, 0.05) is 0 Å². The number of methoxy groups -OCH3 is 1. The van der Waals surface area contributed by atoms with Gasteiger partial charge in [0.1, 0.15) is 5.75 Å². The molecule has 0 bridgehead atoms. The molecule has 0 aliphatic heterocycles. The first-order valence-corrected chi connectivity index (χ1v) is 8.99. The zero-order chi connectivity index (χ0) is 17.8. The van der Waals surface area contributed by atoms with Crippen LogP contribution in [0, 0.1) is 13.8 Å². The first-order chi connectivity index (χ1) is 12.7. The third-order valence-electron chi connectivity index (χ3n) is 5.54. The van der Waals surface area contributed by atoms with Crippen LogP contribution in [0.3, 0.4) is 0 Å². The normalized spacial score (nSPS) is 11.7. The topological polar surface area (TPSA) is 9.23 Å². The van der Waals surface area contributed by atoms with E-state index in [9.17, 15) is 0 Å². The Labute approximate surface area is 153 Å². The molecule has 126 valence electrons. The van der Waals surface area contributed by atoms with Crippen molar-refractivity contribution >= 4 is 32.3 Å². The van der Waals surface area contributed by atoms with Crippen LogP contribution in [0.2, 0.25) is 0 Å². The standard InChI is InChI=1S/C25H20O/c1-15-13-20(26-3)14-16(2)23(15)21-11-10-19-8-7-17-5-4-6-18-9-12-22(21)25(19)24(17)18/h4-14H,1-3H3. The van der Waals surface area contributed by atoms with Crippen molar-refractivity contribution in [2.75, 3.05) is 7.11 Å². The maximum atomic E-state index is 5.45. The lowest BCUT2D eigenvalue weighted by atomic mass is 9.87. The number of ether oxygens (including phenoxy) is 1. The van der Waals surface area contributed by atoms with Gasteiger partial charge < -0.3 is 4.74 Å². The fraction of sp³-hybridized carbons (Fsp3) is 0.120. The molecule has 0 aliphatic rings. The first-order valence-electron chi connectivity index (χ1n) is 8.99. The second-order valence-electron chi connectivity index (χ2n) is 7.11. The summed E-state index contributed by atoms with van der Waals surface area (Å²) in [5.41, 5.74) is 5.10. The number of rotatable bonds is 2. The third-order valence-corrected chi connectivity index (χ3v) is 5.54. The second kappa shape index (κ2) is 5.47. The van der Waals surface area contributed by atoms with Gasteiger partial charge in [-0.1, -0.05) is 54.6 Å². The van der Waals surface area contributed by atoms with Gasteiger partial charge in [0.05, 0.1) is 7.11 Å². The highest BCUT2D eigenvalue weighted by Gasteiger charge is 2.15. The minimum absolute atomic E-state index is 0.918. The molecule has 0 heterocycles. The van der Waals surface area contributed by atoms with Crippen LogP contribution in [-0.4, -0.2) is 7.11 Å². The van der Waals surface area contributed by atoms with Crippen molar-refractivity contribution in [2.45, 2.75) is 13.8 Å². The van der Waals surface area contributed by atoms with Crippen LogP contribution < -0.4 is 4.74 Å². The molecule has 5 aromatic carbocycles. The largest absolute Gasteiger partial charge is 0.497 e. The highest BCUT2D eigenvalue weighted by Crippen LogP contribution is 2.41. The van der Waals surface area contributed by atoms with Gasteiger partial charge >= 0.3 is 0 Å². The van der Waals surface area contributed by atoms with Crippen LogP contribution >= 0.6 is 0 Å². The van der Waals surface area contributed by atoms with Crippen molar-refractivity contribution in [1.29, 1.82) is 0 Å². The molecule has 26 heavy (non-hydrogen) atoms. The molecule has 0 unspecified atom stereocenters.